The number of benzene rings is 2. The van der Waals surface area contributed by atoms with Gasteiger partial charge in [-0.1, -0.05) is 66.7 Å². The molecule has 1 amide bonds. The van der Waals surface area contributed by atoms with Crippen molar-refractivity contribution in [2.24, 2.45) is 0 Å². The number of aliphatic hydroxyl groups is 1. The Hall–Kier alpha value is -2.98. The van der Waals surface area contributed by atoms with Gasteiger partial charge in [-0.2, -0.15) is 0 Å². The maximum atomic E-state index is 12.7. The number of nitrogens with zero attached hydrogens (tertiary/aromatic N) is 2. The van der Waals surface area contributed by atoms with Crippen LogP contribution in [0.1, 0.15) is 35.8 Å². The highest BCUT2D eigenvalue weighted by Gasteiger charge is 2.41. The summed E-state index contributed by atoms with van der Waals surface area (Å²) in [6.45, 7) is 0.793. The molecule has 142 valence electrons. The zero-order valence-corrected chi connectivity index (χ0v) is 15.7. The van der Waals surface area contributed by atoms with Crippen molar-refractivity contribution in [3.63, 3.8) is 0 Å². The van der Waals surface area contributed by atoms with Gasteiger partial charge in [0.1, 0.15) is 6.10 Å². The summed E-state index contributed by atoms with van der Waals surface area (Å²) in [6, 6.07) is 26.2. The van der Waals surface area contributed by atoms with Gasteiger partial charge >= 0.3 is 0 Å². The quantitative estimate of drug-likeness (QED) is 0.743. The van der Waals surface area contributed by atoms with Crippen LogP contribution in [0.5, 0.6) is 0 Å². The molecular formula is C24H24N2O2. The minimum Gasteiger partial charge on any atom is -0.385 e. The van der Waals surface area contributed by atoms with Gasteiger partial charge in [0.2, 0.25) is 5.91 Å². The van der Waals surface area contributed by atoms with Crippen LogP contribution < -0.4 is 0 Å². The van der Waals surface area contributed by atoms with Crippen molar-refractivity contribution in [3.8, 4) is 0 Å². The lowest BCUT2D eigenvalue weighted by molar-refractivity contribution is -0.136. The second-order valence-corrected chi connectivity index (χ2v) is 7.36. The van der Waals surface area contributed by atoms with Crippen molar-refractivity contribution in [2.75, 3.05) is 13.1 Å². The van der Waals surface area contributed by atoms with E-state index in [-0.39, 0.29) is 17.9 Å². The summed E-state index contributed by atoms with van der Waals surface area (Å²) in [5.41, 5.74) is 2.71. The molecular weight excluding hydrogens is 348 g/mol. The van der Waals surface area contributed by atoms with E-state index < -0.39 is 6.10 Å². The molecule has 1 aliphatic rings. The molecule has 1 fully saturated rings. The van der Waals surface area contributed by atoms with Crippen LogP contribution in [0.25, 0.3) is 0 Å². The highest BCUT2D eigenvalue weighted by atomic mass is 16.3. The third-order valence-corrected chi connectivity index (χ3v) is 5.65. The van der Waals surface area contributed by atoms with Gasteiger partial charge in [0.15, 0.2) is 0 Å². The molecule has 1 atom stereocenters. The van der Waals surface area contributed by atoms with Crippen LogP contribution in [0.2, 0.25) is 0 Å². The average molecular weight is 372 g/mol. The Balaban J connectivity index is 1.67. The van der Waals surface area contributed by atoms with Crippen molar-refractivity contribution in [1.29, 1.82) is 0 Å². The molecule has 0 radical (unpaired) electrons. The lowest BCUT2D eigenvalue weighted by atomic mass is 9.69. The number of aliphatic hydroxyl groups excluding tert-OH is 1. The van der Waals surface area contributed by atoms with Crippen LogP contribution in [-0.4, -0.2) is 34.0 Å². The minimum absolute atomic E-state index is 0.0810. The van der Waals surface area contributed by atoms with Crippen molar-refractivity contribution in [3.05, 3.63) is 102 Å². The molecule has 0 bridgehead atoms. The fourth-order valence-electron chi connectivity index (χ4n) is 4.17. The zero-order valence-electron chi connectivity index (χ0n) is 15.7. The van der Waals surface area contributed by atoms with E-state index >= 15 is 0 Å². The fourth-order valence-corrected chi connectivity index (χ4v) is 4.17. The van der Waals surface area contributed by atoms with E-state index in [0.717, 1.165) is 6.42 Å². The number of aromatic nitrogens is 1. The van der Waals surface area contributed by atoms with E-state index in [1.807, 2.05) is 48.5 Å². The van der Waals surface area contributed by atoms with E-state index in [4.69, 9.17) is 0 Å². The standard InChI is InChI=1S/C24H24N2O2/c27-22(21-13-7-8-16-25-21)17-26-18-24(15-14-23(26)28,19-9-3-1-4-10-19)20-11-5-2-6-12-20/h1-13,16,22,27H,14-15,17-18H2. The summed E-state index contributed by atoms with van der Waals surface area (Å²) in [7, 11) is 0. The first-order valence-electron chi connectivity index (χ1n) is 9.67. The van der Waals surface area contributed by atoms with Gasteiger partial charge in [-0.3, -0.25) is 9.78 Å². The van der Waals surface area contributed by atoms with E-state index in [1.165, 1.54) is 11.1 Å². The minimum atomic E-state index is -0.799. The number of pyridine rings is 1. The molecule has 2 heterocycles. The van der Waals surface area contributed by atoms with Crippen molar-refractivity contribution < 1.29 is 9.90 Å². The molecule has 4 rings (SSSR count). The van der Waals surface area contributed by atoms with Crippen molar-refractivity contribution in [2.45, 2.75) is 24.4 Å². The number of hydrogen-bond donors (Lipinski definition) is 1. The average Bonchev–Trinajstić information content (AvgIpc) is 2.77. The van der Waals surface area contributed by atoms with E-state index in [9.17, 15) is 9.90 Å². The molecule has 1 unspecified atom stereocenters. The summed E-state index contributed by atoms with van der Waals surface area (Å²) in [5.74, 6) is 0.0810. The zero-order chi connectivity index (χ0) is 19.4. The van der Waals surface area contributed by atoms with Gasteiger partial charge < -0.3 is 10.0 Å². The maximum Gasteiger partial charge on any atom is 0.222 e. The van der Waals surface area contributed by atoms with E-state index in [2.05, 4.69) is 29.2 Å². The molecule has 0 aliphatic carbocycles. The normalized spacial score (nSPS) is 17.3. The Morgan fingerprint density at radius 1 is 0.929 bits per heavy atom. The monoisotopic (exact) mass is 372 g/mol. The van der Waals surface area contributed by atoms with Gasteiger partial charge in [-0.05, 0) is 29.7 Å². The second-order valence-electron chi connectivity index (χ2n) is 7.36. The predicted molar refractivity (Wildman–Crippen MR) is 109 cm³/mol. The highest BCUT2D eigenvalue weighted by Crippen LogP contribution is 2.41. The molecule has 2 aromatic carbocycles. The number of piperidine rings is 1. The number of rotatable bonds is 5. The van der Waals surface area contributed by atoms with Crippen molar-refractivity contribution >= 4 is 5.91 Å². The van der Waals surface area contributed by atoms with Gasteiger partial charge in [-0.15, -0.1) is 0 Å². The van der Waals surface area contributed by atoms with Gasteiger partial charge in [0.05, 0.1) is 12.2 Å². The van der Waals surface area contributed by atoms with Crippen LogP contribution >= 0.6 is 0 Å². The largest absolute Gasteiger partial charge is 0.385 e. The highest BCUT2D eigenvalue weighted by molar-refractivity contribution is 5.78. The number of likely N-dealkylation sites (tertiary alicyclic amines) is 1. The molecule has 1 saturated heterocycles. The van der Waals surface area contributed by atoms with E-state index in [1.54, 1.807) is 17.2 Å². The SMILES string of the molecule is O=C1CCC(c2ccccc2)(c2ccccc2)CN1CC(O)c1ccccn1. The number of carbonyl (C=O) groups excluding carboxylic acids is 1. The van der Waals surface area contributed by atoms with Crippen LogP contribution in [0.4, 0.5) is 0 Å². The lowest BCUT2D eigenvalue weighted by Crippen LogP contribution is -2.50. The topological polar surface area (TPSA) is 53.4 Å². The number of β-amino-alcohol motifs (C(OH)–C–C–N with tert-alkyl or cyclic N) is 1. The van der Waals surface area contributed by atoms with Crippen LogP contribution in [0.3, 0.4) is 0 Å². The number of amides is 1. The smallest absolute Gasteiger partial charge is 0.222 e. The summed E-state index contributed by atoms with van der Waals surface area (Å²) < 4.78 is 0. The first kappa shape index (κ1) is 18.4. The molecule has 1 N–H and O–H groups in total. The first-order chi connectivity index (χ1) is 13.7. The van der Waals surface area contributed by atoms with Gasteiger partial charge in [0.25, 0.3) is 0 Å². The third kappa shape index (κ3) is 3.56. The summed E-state index contributed by atoms with van der Waals surface area (Å²) in [4.78, 5) is 18.7. The molecule has 1 aromatic heterocycles. The molecule has 3 aromatic rings. The van der Waals surface area contributed by atoms with Crippen molar-refractivity contribution in [1.82, 2.24) is 9.88 Å². The van der Waals surface area contributed by atoms with Crippen LogP contribution in [-0.2, 0) is 10.2 Å². The number of hydrogen-bond acceptors (Lipinski definition) is 3. The molecule has 4 heteroatoms. The number of carbonyl (C=O) groups is 1. The Morgan fingerprint density at radius 2 is 1.54 bits per heavy atom. The summed E-state index contributed by atoms with van der Waals surface area (Å²) in [6.07, 6.45) is 2.08. The molecule has 4 nitrogen and oxygen atoms in total. The van der Waals surface area contributed by atoms with Crippen LogP contribution in [0, 0.1) is 0 Å². The predicted octanol–water partition coefficient (Wildman–Crippen LogP) is 3.72. The molecule has 1 aliphatic heterocycles. The first-order valence-corrected chi connectivity index (χ1v) is 9.67. The van der Waals surface area contributed by atoms with Crippen LogP contribution in [0.15, 0.2) is 85.1 Å². The summed E-state index contributed by atoms with van der Waals surface area (Å²) >= 11 is 0. The Morgan fingerprint density at radius 3 is 2.11 bits per heavy atom. The Kier molecular flexibility index (Phi) is 5.22. The fraction of sp³-hybridized carbons (Fsp3) is 0.250. The Labute approximate surface area is 165 Å². The molecule has 28 heavy (non-hydrogen) atoms. The molecule has 0 spiro atoms. The maximum absolute atomic E-state index is 12.7. The second kappa shape index (κ2) is 7.95. The summed E-state index contributed by atoms with van der Waals surface area (Å²) in [5, 5.41) is 10.6. The molecule has 0 saturated carbocycles. The third-order valence-electron chi connectivity index (χ3n) is 5.65. The van der Waals surface area contributed by atoms with Gasteiger partial charge in [0, 0.05) is 24.6 Å². The van der Waals surface area contributed by atoms with E-state index in [0.29, 0.717) is 18.7 Å². The Bertz CT molecular complexity index is 874. The van der Waals surface area contributed by atoms with Gasteiger partial charge in [-0.25, -0.2) is 0 Å². The lowest BCUT2D eigenvalue weighted by Gasteiger charge is -2.44.